The summed E-state index contributed by atoms with van der Waals surface area (Å²) in [5.74, 6) is 1.01. The maximum atomic E-state index is 12.7. The van der Waals surface area contributed by atoms with Crippen molar-refractivity contribution in [3.63, 3.8) is 0 Å². The lowest BCUT2D eigenvalue weighted by atomic mass is 9.88. The van der Waals surface area contributed by atoms with Gasteiger partial charge in [-0.3, -0.25) is 14.4 Å². The van der Waals surface area contributed by atoms with Crippen LogP contribution in [0.4, 0.5) is 0 Å². The molecule has 1 fully saturated rings. The highest BCUT2D eigenvalue weighted by Gasteiger charge is 2.26. The Labute approximate surface area is 290 Å². The molecule has 266 valence electrons. The number of carbonyl (C=O) groups is 4. The average molecular weight is 687 g/mol. The molecule has 10 nitrogen and oxygen atoms in total. The zero-order valence-corrected chi connectivity index (χ0v) is 30.1. The van der Waals surface area contributed by atoms with Gasteiger partial charge in [0, 0.05) is 25.8 Å². The Kier molecular flexibility index (Phi) is 22.1. The van der Waals surface area contributed by atoms with Gasteiger partial charge in [0.1, 0.15) is 35.8 Å². The van der Waals surface area contributed by atoms with Gasteiger partial charge in [-0.2, -0.15) is 0 Å². The second kappa shape index (κ2) is 25.2. The highest BCUT2D eigenvalue weighted by Crippen LogP contribution is 2.31. The topological polar surface area (TPSA) is 136 Å². The number of carbonyl (C=O) groups excluding carboxylic acids is 3. The predicted octanol–water partition coefficient (Wildman–Crippen LogP) is 7.59. The molecule has 1 amide bonds. The van der Waals surface area contributed by atoms with Gasteiger partial charge in [0.25, 0.3) is 5.22 Å². The third-order valence-electron chi connectivity index (χ3n) is 7.45. The van der Waals surface area contributed by atoms with Gasteiger partial charge in [0.15, 0.2) is 0 Å². The standard InChI is InChI=1S/C28H36N2O5S.C6H10O2.C2H6.CH2O/c1-3-33-27(32)25(36-28-29-23-11-7-8-12-24(23)35-28)19-20-13-15-22(16-14-20)34-18-17-30(2)26(31)21-9-5-4-6-10-21;1-2-3-4-5-6(7)8;2*1-2/h7,11,13-16,21,25H,3-6,8-10,12,17-19H2,1-2H3;2-3H,4-5H2,1H3,(H,7,8);1-2H3;1H2/b;3-2+;;. The summed E-state index contributed by atoms with van der Waals surface area (Å²) in [6, 6.07) is 7.73. The van der Waals surface area contributed by atoms with E-state index in [4.69, 9.17) is 23.8 Å². The molecule has 2 aromatic rings. The van der Waals surface area contributed by atoms with Crippen molar-refractivity contribution in [2.24, 2.45) is 5.92 Å². The first kappa shape index (κ1) is 42.2. The van der Waals surface area contributed by atoms with Crippen molar-refractivity contribution < 1.29 is 38.2 Å². The molecule has 1 N–H and O–H groups in total. The molecule has 48 heavy (non-hydrogen) atoms. The number of fused-ring (bicyclic) bond motifs is 1. The molecule has 0 radical (unpaired) electrons. The molecule has 0 aliphatic heterocycles. The summed E-state index contributed by atoms with van der Waals surface area (Å²) < 4.78 is 17.1. The molecule has 0 bridgehead atoms. The number of rotatable bonds is 14. The van der Waals surface area contributed by atoms with E-state index in [-0.39, 0.29) is 24.2 Å². The van der Waals surface area contributed by atoms with Gasteiger partial charge in [-0.15, -0.1) is 0 Å². The van der Waals surface area contributed by atoms with E-state index in [1.807, 2.05) is 77.1 Å². The number of esters is 1. The number of hydrogen-bond acceptors (Lipinski definition) is 9. The number of likely N-dealkylation sites (N-methyl/N-ethyl adjacent to an activating group) is 1. The number of ether oxygens (including phenoxy) is 2. The van der Waals surface area contributed by atoms with Gasteiger partial charge in [0.2, 0.25) is 5.91 Å². The third-order valence-corrected chi connectivity index (χ3v) is 8.47. The van der Waals surface area contributed by atoms with Gasteiger partial charge in [-0.1, -0.05) is 75.2 Å². The number of aromatic nitrogens is 1. The third kappa shape index (κ3) is 15.8. The van der Waals surface area contributed by atoms with E-state index in [2.05, 4.69) is 11.1 Å². The van der Waals surface area contributed by atoms with Crippen LogP contribution in [0.25, 0.3) is 6.08 Å². The molecule has 11 heteroatoms. The van der Waals surface area contributed by atoms with Crippen LogP contribution in [0.1, 0.15) is 96.1 Å². The van der Waals surface area contributed by atoms with Gasteiger partial charge in [-0.05, 0) is 69.7 Å². The van der Waals surface area contributed by atoms with Crippen molar-refractivity contribution in [2.45, 2.75) is 102 Å². The van der Waals surface area contributed by atoms with Crippen molar-refractivity contribution in [2.75, 3.05) is 26.8 Å². The van der Waals surface area contributed by atoms with Crippen molar-refractivity contribution in [3.05, 3.63) is 59.5 Å². The van der Waals surface area contributed by atoms with Crippen LogP contribution < -0.4 is 4.74 Å². The number of thioether (sulfide) groups is 1. The van der Waals surface area contributed by atoms with Crippen molar-refractivity contribution in [3.8, 4) is 5.75 Å². The fraction of sp³-hybridized carbons (Fsp3) is 0.541. The van der Waals surface area contributed by atoms with Crippen LogP contribution in [-0.2, 0) is 36.8 Å². The maximum absolute atomic E-state index is 12.7. The summed E-state index contributed by atoms with van der Waals surface area (Å²) in [5, 5.41) is 8.14. The van der Waals surface area contributed by atoms with E-state index in [0.29, 0.717) is 37.8 Å². The first-order valence-electron chi connectivity index (χ1n) is 16.9. The van der Waals surface area contributed by atoms with E-state index in [1.54, 1.807) is 11.8 Å². The molecule has 1 unspecified atom stereocenters. The number of allylic oxidation sites excluding steroid dienone is 3. The first-order valence-corrected chi connectivity index (χ1v) is 17.8. The number of carboxylic acid groups (broad SMARTS) is 1. The molecule has 2 aliphatic rings. The van der Waals surface area contributed by atoms with Crippen LogP contribution in [0, 0.1) is 5.92 Å². The predicted molar refractivity (Wildman–Crippen MR) is 190 cm³/mol. The molecular weight excluding hydrogens is 632 g/mol. The van der Waals surface area contributed by atoms with Gasteiger partial charge < -0.3 is 28.7 Å². The van der Waals surface area contributed by atoms with E-state index in [0.717, 1.165) is 61.3 Å². The number of benzene rings is 1. The average Bonchev–Trinajstić information content (AvgIpc) is 3.53. The molecule has 4 rings (SSSR count). The summed E-state index contributed by atoms with van der Waals surface area (Å²) in [5.41, 5.74) is 1.84. The molecule has 1 heterocycles. The fourth-order valence-electron chi connectivity index (χ4n) is 5.02. The summed E-state index contributed by atoms with van der Waals surface area (Å²) in [7, 11) is 1.86. The number of oxazole rings is 1. The molecular formula is C37H54N2O8S. The molecule has 1 aromatic carbocycles. The van der Waals surface area contributed by atoms with Crippen molar-refractivity contribution in [1.82, 2.24) is 9.88 Å². The number of hydrogen-bond donors (Lipinski definition) is 1. The Morgan fingerprint density at radius 1 is 1.15 bits per heavy atom. The normalized spacial score (nSPS) is 14.1. The number of aliphatic carboxylic acids is 1. The number of carboxylic acids is 1. The second-order valence-electron chi connectivity index (χ2n) is 10.9. The van der Waals surface area contributed by atoms with Crippen molar-refractivity contribution in [1.29, 1.82) is 0 Å². The number of amides is 1. The molecule has 0 spiro atoms. The quantitative estimate of drug-likeness (QED) is 0.120. The van der Waals surface area contributed by atoms with Gasteiger partial charge in [-0.25, -0.2) is 4.98 Å². The lowest BCUT2D eigenvalue weighted by molar-refractivity contribution is -0.142. The zero-order valence-electron chi connectivity index (χ0n) is 29.3. The van der Waals surface area contributed by atoms with Gasteiger partial charge in [0.05, 0.1) is 13.2 Å². The van der Waals surface area contributed by atoms with Crippen LogP contribution >= 0.6 is 11.8 Å². The lowest BCUT2D eigenvalue weighted by Gasteiger charge is -2.26. The molecule has 2 aliphatic carbocycles. The molecule has 1 aromatic heterocycles. The zero-order chi connectivity index (χ0) is 35.7. The Hall–Kier alpha value is -3.86. The monoisotopic (exact) mass is 686 g/mol. The Balaban J connectivity index is 0.000000832. The number of aryl methyl sites for hydroxylation is 1. The van der Waals surface area contributed by atoms with Crippen LogP contribution in [0.3, 0.4) is 0 Å². The molecule has 0 saturated heterocycles. The van der Waals surface area contributed by atoms with E-state index < -0.39 is 11.2 Å². The maximum Gasteiger partial charge on any atom is 0.319 e. The Morgan fingerprint density at radius 2 is 1.83 bits per heavy atom. The summed E-state index contributed by atoms with van der Waals surface area (Å²) in [6.45, 7) is 11.0. The van der Waals surface area contributed by atoms with E-state index >= 15 is 0 Å². The summed E-state index contributed by atoms with van der Waals surface area (Å²) in [4.78, 5) is 49.4. The SMILES string of the molecule is C/C=C/CCC(=O)O.C=O.CC.CCOC(=O)C(Cc1ccc(OCCN(C)C(=O)C2CCCCC2)cc1)Sc1nc2c(o1)CCC=C2. The molecule has 1 saturated carbocycles. The minimum atomic E-state index is -0.733. The highest BCUT2D eigenvalue weighted by atomic mass is 32.2. The van der Waals surface area contributed by atoms with E-state index in [1.165, 1.54) is 18.2 Å². The second-order valence-corrected chi connectivity index (χ2v) is 12.0. The van der Waals surface area contributed by atoms with Gasteiger partial charge >= 0.3 is 11.9 Å². The minimum Gasteiger partial charge on any atom is -0.492 e. The summed E-state index contributed by atoms with van der Waals surface area (Å²) >= 11 is 1.31. The van der Waals surface area contributed by atoms with Crippen LogP contribution in [0.2, 0.25) is 0 Å². The van der Waals surface area contributed by atoms with E-state index in [9.17, 15) is 14.4 Å². The fourth-order valence-corrected chi connectivity index (χ4v) is 6.00. The molecule has 1 atom stereocenters. The highest BCUT2D eigenvalue weighted by molar-refractivity contribution is 8.00. The smallest absolute Gasteiger partial charge is 0.319 e. The summed E-state index contributed by atoms with van der Waals surface area (Å²) in [6.07, 6.45) is 16.4. The van der Waals surface area contributed by atoms with Crippen LogP contribution in [0.5, 0.6) is 5.75 Å². The van der Waals surface area contributed by atoms with Crippen molar-refractivity contribution >= 4 is 42.5 Å². The Bertz CT molecular complexity index is 1270. The largest absolute Gasteiger partial charge is 0.492 e. The lowest BCUT2D eigenvalue weighted by Crippen LogP contribution is -2.36. The van der Waals surface area contributed by atoms with Crippen LogP contribution in [-0.4, -0.2) is 71.7 Å². The van der Waals surface area contributed by atoms with Crippen LogP contribution in [0.15, 0.2) is 52.1 Å². The first-order chi connectivity index (χ1) is 23.3. The Morgan fingerprint density at radius 3 is 2.44 bits per heavy atom. The minimum absolute atomic E-state index is 0.173. The number of nitrogens with zero attached hydrogens (tertiary/aromatic N) is 2.